The fourth-order valence-corrected chi connectivity index (χ4v) is 2.50. The summed E-state index contributed by atoms with van der Waals surface area (Å²) in [4.78, 5) is 5.30. The van der Waals surface area contributed by atoms with E-state index in [1.807, 2.05) is 36.7 Å². The molecule has 0 saturated carbocycles. The summed E-state index contributed by atoms with van der Waals surface area (Å²) in [6.45, 7) is 1.97. The Kier molecular flexibility index (Phi) is 3.22. The minimum atomic E-state index is -0.163. The van der Waals surface area contributed by atoms with Crippen molar-refractivity contribution < 1.29 is 4.74 Å². The summed E-state index contributed by atoms with van der Waals surface area (Å²) in [7, 11) is 1.66. The first kappa shape index (κ1) is 11.1. The number of nitrogens with zero attached hydrogens (tertiary/aromatic N) is 1. The van der Waals surface area contributed by atoms with Crippen LogP contribution in [-0.2, 0) is 0 Å². The number of para-hydroxylation sites is 1. The molecule has 1 atom stereocenters. The zero-order valence-electron chi connectivity index (χ0n) is 9.31. The van der Waals surface area contributed by atoms with Crippen molar-refractivity contribution in [2.75, 3.05) is 7.11 Å². The van der Waals surface area contributed by atoms with E-state index in [4.69, 9.17) is 10.5 Å². The number of methoxy groups -OCH3 is 1. The zero-order valence-corrected chi connectivity index (χ0v) is 10.1. The van der Waals surface area contributed by atoms with E-state index in [-0.39, 0.29) is 6.04 Å². The number of hydrogen-bond acceptors (Lipinski definition) is 4. The van der Waals surface area contributed by atoms with Crippen LogP contribution in [0.2, 0.25) is 0 Å². The minimum absolute atomic E-state index is 0.163. The quantitative estimate of drug-likeness (QED) is 0.887. The van der Waals surface area contributed by atoms with E-state index in [9.17, 15) is 0 Å². The summed E-state index contributed by atoms with van der Waals surface area (Å²) in [5.74, 6) is 0.822. The number of benzene rings is 1. The molecule has 1 unspecified atom stereocenters. The van der Waals surface area contributed by atoms with Crippen LogP contribution in [0.5, 0.6) is 5.75 Å². The molecule has 1 aromatic heterocycles. The molecule has 2 rings (SSSR count). The van der Waals surface area contributed by atoms with Crippen molar-refractivity contribution in [2.24, 2.45) is 5.73 Å². The molecule has 2 N–H and O–H groups in total. The van der Waals surface area contributed by atoms with E-state index in [0.29, 0.717) is 0 Å². The predicted molar refractivity (Wildman–Crippen MR) is 65.9 cm³/mol. The third-order valence-corrected chi connectivity index (χ3v) is 3.55. The van der Waals surface area contributed by atoms with Crippen molar-refractivity contribution in [1.29, 1.82) is 0 Å². The molecule has 84 valence electrons. The van der Waals surface area contributed by atoms with Crippen LogP contribution in [0.3, 0.4) is 0 Å². The van der Waals surface area contributed by atoms with Crippen LogP contribution in [0.4, 0.5) is 0 Å². The molecule has 2 aromatic rings. The number of rotatable bonds is 3. The Morgan fingerprint density at radius 3 is 2.75 bits per heavy atom. The van der Waals surface area contributed by atoms with Gasteiger partial charge < -0.3 is 10.5 Å². The van der Waals surface area contributed by atoms with Crippen LogP contribution >= 0.6 is 11.3 Å². The van der Waals surface area contributed by atoms with Gasteiger partial charge in [-0.15, -0.1) is 11.3 Å². The first-order chi connectivity index (χ1) is 7.74. The highest BCUT2D eigenvalue weighted by molar-refractivity contribution is 7.09. The molecule has 0 aliphatic heterocycles. The van der Waals surface area contributed by atoms with Gasteiger partial charge in [-0.1, -0.05) is 18.2 Å². The van der Waals surface area contributed by atoms with Gasteiger partial charge in [0.25, 0.3) is 0 Å². The fourth-order valence-electron chi connectivity index (χ4n) is 1.67. The van der Waals surface area contributed by atoms with Crippen LogP contribution < -0.4 is 10.5 Å². The second-order valence-corrected chi connectivity index (χ2v) is 4.41. The highest BCUT2D eigenvalue weighted by Gasteiger charge is 2.17. The fraction of sp³-hybridized carbons (Fsp3) is 0.250. The van der Waals surface area contributed by atoms with Gasteiger partial charge in [0.1, 0.15) is 5.75 Å². The zero-order chi connectivity index (χ0) is 11.5. The highest BCUT2D eigenvalue weighted by Crippen LogP contribution is 2.31. The van der Waals surface area contributed by atoms with Crippen molar-refractivity contribution in [3.63, 3.8) is 0 Å². The molecule has 4 heteroatoms. The lowest BCUT2D eigenvalue weighted by Gasteiger charge is -2.14. The Labute approximate surface area is 98.9 Å². The standard InChI is InChI=1S/C12H14N2OS/c1-8-12(16-7-14-8)11(13)9-5-3-4-6-10(9)15-2/h3-7,11H,13H2,1-2H3. The normalized spacial score (nSPS) is 12.4. The molecule has 0 aliphatic rings. The number of thiazole rings is 1. The van der Waals surface area contributed by atoms with Gasteiger partial charge in [0.15, 0.2) is 0 Å². The maximum atomic E-state index is 6.23. The van der Waals surface area contributed by atoms with Crippen LogP contribution in [-0.4, -0.2) is 12.1 Å². The van der Waals surface area contributed by atoms with Crippen LogP contribution in [0.1, 0.15) is 22.2 Å². The largest absolute Gasteiger partial charge is 0.496 e. The van der Waals surface area contributed by atoms with E-state index in [0.717, 1.165) is 21.9 Å². The molecule has 0 spiro atoms. The third kappa shape index (κ3) is 1.94. The van der Waals surface area contributed by atoms with Crippen molar-refractivity contribution >= 4 is 11.3 Å². The molecule has 0 radical (unpaired) electrons. The molecular formula is C12H14N2OS. The van der Waals surface area contributed by atoms with Crippen molar-refractivity contribution in [3.05, 3.63) is 45.9 Å². The summed E-state index contributed by atoms with van der Waals surface area (Å²) in [6.07, 6.45) is 0. The average molecular weight is 234 g/mol. The Morgan fingerprint density at radius 2 is 2.12 bits per heavy atom. The summed E-state index contributed by atoms with van der Waals surface area (Å²) in [5, 5.41) is 0. The Bertz CT molecular complexity index is 481. The second kappa shape index (κ2) is 4.63. The van der Waals surface area contributed by atoms with Crippen LogP contribution in [0, 0.1) is 6.92 Å². The Balaban J connectivity index is 2.41. The molecule has 0 amide bonds. The van der Waals surface area contributed by atoms with E-state index in [1.165, 1.54) is 0 Å². The predicted octanol–water partition coefficient (Wildman–Crippen LogP) is 2.51. The van der Waals surface area contributed by atoms with Crippen molar-refractivity contribution in [3.8, 4) is 5.75 Å². The smallest absolute Gasteiger partial charge is 0.124 e. The molecule has 1 heterocycles. The van der Waals surface area contributed by atoms with Gasteiger partial charge in [-0.05, 0) is 13.0 Å². The molecule has 0 bridgehead atoms. The molecule has 0 saturated heterocycles. The SMILES string of the molecule is COc1ccccc1C(N)c1scnc1C. The van der Waals surface area contributed by atoms with Crippen LogP contribution in [0.15, 0.2) is 29.8 Å². The lowest BCUT2D eigenvalue weighted by atomic mass is 10.0. The van der Waals surface area contributed by atoms with Gasteiger partial charge in [-0.2, -0.15) is 0 Å². The van der Waals surface area contributed by atoms with Crippen molar-refractivity contribution in [2.45, 2.75) is 13.0 Å². The number of hydrogen-bond donors (Lipinski definition) is 1. The number of aryl methyl sites for hydroxylation is 1. The molecule has 3 nitrogen and oxygen atoms in total. The number of ether oxygens (including phenoxy) is 1. The Hall–Kier alpha value is -1.39. The maximum absolute atomic E-state index is 6.23. The summed E-state index contributed by atoms with van der Waals surface area (Å²) < 4.78 is 5.31. The van der Waals surface area contributed by atoms with Gasteiger partial charge in [-0.25, -0.2) is 4.98 Å². The van der Waals surface area contributed by atoms with Crippen molar-refractivity contribution in [1.82, 2.24) is 4.98 Å². The van der Waals surface area contributed by atoms with E-state index in [1.54, 1.807) is 18.4 Å². The lowest BCUT2D eigenvalue weighted by Crippen LogP contribution is -2.12. The second-order valence-electron chi connectivity index (χ2n) is 3.52. The maximum Gasteiger partial charge on any atom is 0.124 e. The van der Waals surface area contributed by atoms with Gasteiger partial charge >= 0.3 is 0 Å². The Morgan fingerprint density at radius 1 is 1.38 bits per heavy atom. The van der Waals surface area contributed by atoms with Gasteiger partial charge in [0.05, 0.1) is 24.4 Å². The van der Waals surface area contributed by atoms with Gasteiger partial charge in [0, 0.05) is 10.4 Å². The number of aromatic nitrogens is 1. The lowest BCUT2D eigenvalue weighted by molar-refractivity contribution is 0.408. The first-order valence-corrected chi connectivity index (χ1v) is 5.90. The molecule has 1 aromatic carbocycles. The first-order valence-electron chi connectivity index (χ1n) is 5.02. The van der Waals surface area contributed by atoms with E-state index < -0.39 is 0 Å². The third-order valence-electron chi connectivity index (χ3n) is 2.54. The number of nitrogens with two attached hydrogens (primary N) is 1. The molecule has 16 heavy (non-hydrogen) atoms. The van der Waals surface area contributed by atoms with E-state index >= 15 is 0 Å². The monoisotopic (exact) mass is 234 g/mol. The van der Waals surface area contributed by atoms with Crippen LogP contribution in [0.25, 0.3) is 0 Å². The minimum Gasteiger partial charge on any atom is -0.496 e. The van der Waals surface area contributed by atoms with Gasteiger partial charge in [0.2, 0.25) is 0 Å². The van der Waals surface area contributed by atoms with E-state index in [2.05, 4.69) is 4.98 Å². The molecular weight excluding hydrogens is 220 g/mol. The highest BCUT2D eigenvalue weighted by atomic mass is 32.1. The van der Waals surface area contributed by atoms with Gasteiger partial charge in [-0.3, -0.25) is 0 Å². The molecule has 0 fully saturated rings. The summed E-state index contributed by atoms with van der Waals surface area (Å²) >= 11 is 1.58. The summed E-state index contributed by atoms with van der Waals surface area (Å²) in [5.41, 5.74) is 10.0. The summed E-state index contributed by atoms with van der Waals surface area (Å²) in [6, 6.07) is 7.65. The topological polar surface area (TPSA) is 48.1 Å². The average Bonchev–Trinajstić information content (AvgIpc) is 2.74. The molecule has 0 aliphatic carbocycles.